The van der Waals surface area contributed by atoms with Crippen LogP contribution in [0.25, 0.3) is 21.8 Å². The molecule has 0 unspecified atom stereocenters. The molecular formula is C13H8F2N2S. The summed E-state index contributed by atoms with van der Waals surface area (Å²) in [4.78, 5) is 1.02. The van der Waals surface area contributed by atoms with Crippen LogP contribution in [0.5, 0.6) is 0 Å². The van der Waals surface area contributed by atoms with Gasteiger partial charge in [0.2, 0.25) is 0 Å². The van der Waals surface area contributed by atoms with Crippen LogP contribution in [0.2, 0.25) is 0 Å². The molecule has 2 aromatic heterocycles. The van der Waals surface area contributed by atoms with Gasteiger partial charge >= 0.3 is 0 Å². The summed E-state index contributed by atoms with van der Waals surface area (Å²) in [5.74, 6) is -1.20. The van der Waals surface area contributed by atoms with Gasteiger partial charge in [-0.2, -0.15) is 5.10 Å². The van der Waals surface area contributed by atoms with E-state index in [1.54, 1.807) is 17.4 Å². The largest absolute Gasteiger partial charge is 0.276 e. The molecule has 0 bridgehead atoms. The third kappa shape index (κ3) is 1.93. The maximum atomic E-state index is 13.6. The standard InChI is InChI=1S/C13H8F2N2S/c14-8-3-4-9(10(15)6-8)11-7-12(17-16-11)13-2-1-5-18-13/h1-7H,(H,16,17). The van der Waals surface area contributed by atoms with E-state index in [2.05, 4.69) is 10.2 Å². The van der Waals surface area contributed by atoms with Gasteiger partial charge in [0.1, 0.15) is 11.6 Å². The molecule has 18 heavy (non-hydrogen) atoms. The van der Waals surface area contributed by atoms with Crippen molar-refractivity contribution in [2.24, 2.45) is 0 Å². The van der Waals surface area contributed by atoms with Crippen molar-refractivity contribution in [1.82, 2.24) is 10.2 Å². The molecule has 0 aliphatic heterocycles. The van der Waals surface area contributed by atoms with Crippen molar-refractivity contribution >= 4 is 11.3 Å². The minimum atomic E-state index is -0.612. The summed E-state index contributed by atoms with van der Waals surface area (Å²) in [5, 5.41) is 8.85. The van der Waals surface area contributed by atoms with Crippen LogP contribution in [-0.4, -0.2) is 10.2 Å². The Morgan fingerprint density at radius 2 is 2.00 bits per heavy atom. The van der Waals surface area contributed by atoms with Gasteiger partial charge in [-0.1, -0.05) is 6.07 Å². The molecule has 0 saturated carbocycles. The molecule has 5 heteroatoms. The summed E-state index contributed by atoms with van der Waals surface area (Å²) in [5.41, 5.74) is 1.58. The third-order valence-electron chi connectivity index (χ3n) is 2.57. The SMILES string of the molecule is Fc1ccc(-c2cc(-c3cccs3)[nH]n2)c(F)c1. The maximum absolute atomic E-state index is 13.6. The fourth-order valence-corrected chi connectivity index (χ4v) is 2.41. The molecule has 0 aliphatic carbocycles. The minimum absolute atomic E-state index is 0.287. The number of benzene rings is 1. The Balaban J connectivity index is 2.03. The summed E-state index contributed by atoms with van der Waals surface area (Å²) in [6.07, 6.45) is 0. The molecule has 3 aromatic rings. The molecule has 0 amide bonds. The van der Waals surface area contributed by atoms with Crippen LogP contribution < -0.4 is 0 Å². The second kappa shape index (κ2) is 4.34. The number of hydrogen-bond acceptors (Lipinski definition) is 2. The molecule has 1 aromatic carbocycles. The molecule has 0 radical (unpaired) electrons. The lowest BCUT2D eigenvalue weighted by molar-refractivity contribution is 0.585. The van der Waals surface area contributed by atoms with E-state index in [0.29, 0.717) is 5.69 Å². The second-order valence-corrected chi connectivity index (χ2v) is 4.72. The van der Waals surface area contributed by atoms with E-state index in [1.165, 1.54) is 12.1 Å². The van der Waals surface area contributed by atoms with Crippen LogP contribution in [0.3, 0.4) is 0 Å². The number of H-pyrrole nitrogens is 1. The summed E-state index contributed by atoms with van der Waals surface area (Å²) in [6.45, 7) is 0. The zero-order valence-electron chi connectivity index (χ0n) is 9.15. The average Bonchev–Trinajstić information content (AvgIpc) is 2.99. The molecule has 2 nitrogen and oxygen atoms in total. The van der Waals surface area contributed by atoms with Crippen LogP contribution in [0, 0.1) is 11.6 Å². The molecule has 1 N–H and O–H groups in total. The molecule has 0 saturated heterocycles. The average molecular weight is 262 g/mol. The summed E-state index contributed by atoms with van der Waals surface area (Å²) < 4.78 is 26.4. The Hall–Kier alpha value is -2.01. The normalized spacial score (nSPS) is 10.8. The van der Waals surface area contributed by atoms with E-state index in [1.807, 2.05) is 17.5 Å². The highest BCUT2D eigenvalue weighted by Crippen LogP contribution is 2.28. The van der Waals surface area contributed by atoms with Crippen molar-refractivity contribution < 1.29 is 8.78 Å². The van der Waals surface area contributed by atoms with Crippen molar-refractivity contribution in [2.45, 2.75) is 0 Å². The summed E-state index contributed by atoms with van der Waals surface area (Å²) >= 11 is 1.57. The highest BCUT2D eigenvalue weighted by molar-refractivity contribution is 7.13. The lowest BCUT2D eigenvalue weighted by atomic mass is 10.1. The van der Waals surface area contributed by atoms with Crippen molar-refractivity contribution in [1.29, 1.82) is 0 Å². The number of nitrogens with zero attached hydrogens (tertiary/aromatic N) is 1. The van der Waals surface area contributed by atoms with Crippen molar-refractivity contribution in [3.05, 3.63) is 53.4 Å². The van der Waals surface area contributed by atoms with Crippen LogP contribution in [0.4, 0.5) is 8.78 Å². The first-order chi connectivity index (χ1) is 8.74. The van der Waals surface area contributed by atoms with Gasteiger partial charge in [0.15, 0.2) is 0 Å². The zero-order valence-corrected chi connectivity index (χ0v) is 9.97. The smallest absolute Gasteiger partial charge is 0.135 e. The van der Waals surface area contributed by atoms with Gasteiger partial charge in [0.05, 0.1) is 16.3 Å². The monoisotopic (exact) mass is 262 g/mol. The zero-order chi connectivity index (χ0) is 12.5. The third-order valence-corrected chi connectivity index (χ3v) is 3.47. The van der Waals surface area contributed by atoms with Crippen LogP contribution in [0.1, 0.15) is 0 Å². The first-order valence-electron chi connectivity index (χ1n) is 5.29. The minimum Gasteiger partial charge on any atom is -0.276 e. The molecule has 90 valence electrons. The van der Waals surface area contributed by atoms with E-state index in [-0.39, 0.29) is 5.56 Å². The molecular weight excluding hydrogens is 254 g/mol. The van der Waals surface area contributed by atoms with Gasteiger partial charge in [0, 0.05) is 11.6 Å². The Morgan fingerprint density at radius 1 is 1.11 bits per heavy atom. The molecule has 0 spiro atoms. The van der Waals surface area contributed by atoms with Gasteiger partial charge in [-0.25, -0.2) is 8.78 Å². The summed E-state index contributed by atoms with van der Waals surface area (Å²) in [7, 11) is 0. The lowest BCUT2D eigenvalue weighted by Gasteiger charge is -1.98. The van der Waals surface area contributed by atoms with Crippen molar-refractivity contribution in [3.8, 4) is 21.8 Å². The number of halogens is 2. The Kier molecular flexibility index (Phi) is 2.68. The number of aromatic nitrogens is 2. The van der Waals surface area contributed by atoms with Gasteiger partial charge < -0.3 is 0 Å². The first kappa shape index (κ1) is 11.1. The predicted octanol–water partition coefficient (Wildman–Crippen LogP) is 4.08. The molecule has 3 rings (SSSR count). The number of aromatic amines is 1. The van der Waals surface area contributed by atoms with Gasteiger partial charge in [-0.3, -0.25) is 5.10 Å². The fraction of sp³-hybridized carbons (Fsp3) is 0. The Bertz CT molecular complexity index is 674. The van der Waals surface area contributed by atoms with E-state index in [0.717, 1.165) is 16.6 Å². The van der Waals surface area contributed by atoms with E-state index in [9.17, 15) is 8.78 Å². The fourth-order valence-electron chi connectivity index (χ4n) is 1.71. The molecule has 2 heterocycles. The number of hydrogen-bond donors (Lipinski definition) is 1. The number of rotatable bonds is 2. The van der Waals surface area contributed by atoms with Crippen LogP contribution in [-0.2, 0) is 0 Å². The first-order valence-corrected chi connectivity index (χ1v) is 6.17. The van der Waals surface area contributed by atoms with E-state index < -0.39 is 11.6 Å². The quantitative estimate of drug-likeness (QED) is 0.740. The van der Waals surface area contributed by atoms with Gasteiger partial charge in [-0.05, 0) is 29.6 Å². The molecule has 0 atom stereocenters. The molecule has 0 aliphatic rings. The summed E-state index contributed by atoms with van der Waals surface area (Å²) in [6, 6.07) is 9.09. The van der Waals surface area contributed by atoms with Crippen molar-refractivity contribution in [2.75, 3.05) is 0 Å². The molecule has 0 fully saturated rings. The number of nitrogens with one attached hydrogen (secondary N) is 1. The van der Waals surface area contributed by atoms with Crippen LogP contribution >= 0.6 is 11.3 Å². The van der Waals surface area contributed by atoms with Crippen LogP contribution in [0.15, 0.2) is 41.8 Å². The Morgan fingerprint density at radius 3 is 2.72 bits per heavy atom. The van der Waals surface area contributed by atoms with Crippen molar-refractivity contribution in [3.63, 3.8) is 0 Å². The lowest BCUT2D eigenvalue weighted by Crippen LogP contribution is -1.86. The number of thiophene rings is 1. The van der Waals surface area contributed by atoms with E-state index in [4.69, 9.17) is 0 Å². The second-order valence-electron chi connectivity index (χ2n) is 3.77. The Labute approximate surface area is 106 Å². The van der Waals surface area contributed by atoms with Gasteiger partial charge in [-0.15, -0.1) is 11.3 Å². The highest BCUT2D eigenvalue weighted by atomic mass is 32.1. The maximum Gasteiger partial charge on any atom is 0.135 e. The van der Waals surface area contributed by atoms with Gasteiger partial charge in [0.25, 0.3) is 0 Å². The highest BCUT2D eigenvalue weighted by Gasteiger charge is 2.11. The topological polar surface area (TPSA) is 28.7 Å². The predicted molar refractivity (Wildman–Crippen MR) is 67.3 cm³/mol. The van der Waals surface area contributed by atoms with E-state index >= 15 is 0 Å².